The lowest BCUT2D eigenvalue weighted by Gasteiger charge is -2.21. The van der Waals surface area contributed by atoms with Gasteiger partial charge in [0, 0.05) is 18.3 Å². The van der Waals surface area contributed by atoms with Gasteiger partial charge in [-0.1, -0.05) is 25.9 Å². The van der Waals surface area contributed by atoms with Crippen LogP contribution in [-0.2, 0) is 22.2 Å². The van der Waals surface area contributed by atoms with Crippen molar-refractivity contribution in [1.82, 2.24) is 15.5 Å². The van der Waals surface area contributed by atoms with E-state index in [0.717, 1.165) is 5.76 Å². The predicted molar refractivity (Wildman–Crippen MR) is 92.0 cm³/mol. The lowest BCUT2D eigenvalue weighted by molar-refractivity contribution is -0.122. The Morgan fingerprint density at radius 3 is 2.56 bits per heavy atom. The molecule has 0 saturated carbocycles. The summed E-state index contributed by atoms with van der Waals surface area (Å²) in [5, 5.41) is 17.1. The Morgan fingerprint density at radius 2 is 2.00 bits per heavy atom. The number of carbonyl (C=O) groups excluding carboxylic acids is 1. The SMILES string of the molecule is Cc1ccc(C(C)(O)CNC(=O)CCCc2nc(C(C)(C)C)no2)o1. The van der Waals surface area contributed by atoms with Crippen molar-refractivity contribution in [3.63, 3.8) is 0 Å². The number of carbonyl (C=O) groups is 1. The first kappa shape index (κ1) is 19.2. The minimum Gasteiger partial charge on any atom is -0.463 e. The molecule has 0 aliphatic heterocycles. The third-order valence-corrected chi connectivity index (χ3v) is 3.83. The van der Waals surface area contributed by atoms with E-state index in [9.17, 15) is 9.90 Å². The lowest BCUT2D eigenvalue weighted by Crippen LogP contribution is -2.38. The van der Waals surface area contributed by atoms with E-state index in [1.54, 1.807) is 26.0 Å². The number of nitrogens with one attached hydrogen (secondary N) is 1. The van der Waals surface area contributed by atoms with Crippen LogP contribution in [0.4, 0.5) is 0 Å². The van der Waals surface area contributed by atoms with Gasteiger partial charge in [0.1, 0.15) is 17.1 Å². The highest BCUT2D eigenvalue weighted by atomic mass is 16.5. The van der Waals surface area contributed by atoms with Gasteiger partial charge in [0.25, 0.3) is 0 Å². The van der Waals surface area contributed by atoms with Gasteiger partial charge in [-0.3, -0.25) is 4.79 Å². The first-order valence-electron chi connectivity index (χ1n) is 8.47. The highest BCUT2D eigenvalue weighted by molar-refractivity contribution is 5.75. The smallest absolute Gasteiger partial charge is 0.226 e. The maximum atomic E-state index is 12.0. The second kappa shape index (κ2) is 7.39. The molecule has 0 aromatic carbocycles. The zero-order valence-corrected chi connectivity index (χ0v) is 15.5. The van der Waals surface area contributed by atoms with Crippen molar-refractivity contribution < 1.29 is 18.8 Å². The Balaban J connectivity index is 1.75. The number of furan rings is 1. The molecule has 0 bridgehead atoms. The molecule has 2 rings (SSSR count). The zero-order valence-electron chi connectivity index (χ0n) is 15.5. The molecule has 7 nitrogen and oxygen atoms in total. The first-order valence-corrected chi connectivity index (χ1v) is 8.47. The number of nitrogens with zero attached hydrogens (tertiary/aromatic N) is 2. The van der Waals surface area contributed by atoms with E-state index in [-0.39, 0.29) is 17.9 Å². The third kappa shape index (κ3) is 5.42. The van der Waals surface area contributed by atoms with E-state index in [1.807, 2.05) is 20.8 Å². The number of aromatic nitrogens is 2. The Labute approximate surface area is 147 Å². The molecule has 1 amide bonds. The molecule has 25 heavy (non-hydrogen) atoms. The summed E-state index contributed by atoms with van der Waals surface area (Å²) in [6.45, 7) is 9.55. The van der Waals surface area contributed by atoms with Crippen LogP contribution in [0.1, 0.15) is 63.8 Å². The number of aryl methyl sites for hydroxylation is 2. The average molecular weight is 349 g/mol. The zero-order chi connectivity index (χ0) is 18.7. The fourth-order valence-corrected chi connectivity index (χ4v) is 2.23. The summed E-state index contributed by atoms with van der Waals surface area (Å²) in [5.74, 6) is 2.22. The molecule has 0 aliphatic carbocycles. The van der Waals surface area contributed by atoms with E-state index in [4.69, 9.17) is 8.94 Å². The van der Waals surface area contributed by atoms with Gasteiger partial charge in [0.05, 0.1) is 6.54 Å². The Kier molecular flexibility index (Phi) is 5.67. The number of rotatable bonds is 7. The van der Waals surface area contributed by atoms with Crippen molar-refractivity contribution in [2.45, 2.75) is 64.9 Å². The number of amides is 1. The van der Waals surface area contributed by atoms with Crippen LogP contribution >= 0.6 is 0 Å². The van der Waals surface area contributed by atoms with Gasteiger partial charge in [0.2, 0.25) is 11.8 Å². The van der Waals surface area contributed by atoms with E-state index >= 15 is 0 Å². The monoisotopic (exact) mass is 349 g/mol. The molecule has 1 atom stereocenters. The Morgan fingerprint density at radius 1 is 1.28 bits per heavy atom. The van der Waals surface area contributed by atoms with E-state index < -0.39 is 5.60 Å². The van der Waals surface area contributed by atoms with Gasteiger partial charge < -0.3 is 19.4 Å². The van der Waals surface area contributed by atoms with Crippen molar-refractivity contribution in [2.75, 3.05) is 6.54 Å². The van der Waals surface area contributed by atoms with Crippen LogP contribution in [0.25, 0.3) is 0 Å². The van der Waals surface area contributed by atoms with Crippen molar-refractivity contribution in [1.29, 1.82) is 0 Å². The topological polar surface area (TPSA) is 101 Å². The lowest BCUT2D eigenvalue weighted by atomic mass is 9.96. The third-order valence-electron chi connectivity index (χ3n) is 3.83. The highest BCUT2D eigenvalue weighted by Gasteiger charge is 2.27. The van der Waals surface area contributed by atoms with Crippen LogP contribution in [0.2, 0.25) is 0 Å². The minimum atomic E-state index is -1.24. The van der Waals surface area contributed by atoms with E-state index in [1.165, 1.54) is 0 Å². The van der Waals surface area contributed by atoms with Crippen molar-refractivity contribution in [2.24, 2.45) is 0 Å². The molecular formula is C18H27N3O4. The number of hydrogen-bond donors (Lipinski definition) is 2. The maximum absolute atomic E-state index is 12.0. The fourth-order valence-electron chi connectivity index (χ4n) is 2.23. The quantitative estimate of drug-likeness (QED) is 0.797. The number of aliphatic hydroxyl groups is 1. The molecular weight excluding hydrogens is 322 g/mol. The predicted octanol–water partition coefficient (Wildman–Crippen LogP) is 2.62. The molecule has 0 spiro atoms. The number of hydrogen-bond acceptors (Lipinski definition) is 6. The van der Waals surface area contributed by atoms with Gasteiger partial charge in [-0.15, -0.1) is 0 Å². The van der Waals surface area contributed by atoms with Crippen molar-refractivity contribution >= 4 is 5.91 Å². The molecule has 138 valence electrons. The van der Waals surface area contributed by atoms with Gasteiger partial charge in [-0.05, 0) is 32.4 Å². The first-order chi connectivity index (χ1) is 11.6. The molecule has 2 aromatic heterocycles. The molecule has 1 unspecified atom stereocenters. The standard InChI is InChI=1S/C18H27N3O4/c1-12-9-10-13(24-12)18(5,23)11-19-14(22)7-6-8-15-20-16(21-25-15)17(2,3)4/h9-10,23H,6-8,11H2,1-5H3,(H,19,22). The molecule has 2 aromatic rings. The van der Waals surface area contributed by atoms with Crippen LogP contribution in [0.5, 0.6) is 0 Å². The summed E-state index contributed by atoms with van der Waals surface area (Å²) in [7, 11) is 0. The van der Waals surface area contributed by atoms with Crippen molar-refractivity contribution in [3.05, 3.63) is 35.4 Å². The van der Waals surface area contributed by atoms with Gasteiger partial charge in [-0.25, -0.2) is 0 Å². The molecule has 2 N–H and O–H groups in total. The highest BCUT2D eigenvalue weighted by Crippen LogP contribution is 2.22. The molecule has 7 heteroatoms. The van der Waals surface area contributed by atoms with Gasteiger partial charge >= 0.3 is 0 Å². The van der Waals surface area contributed by atoms with E-state index in [2.05, 4.69) is 15.5 Å². The second-order valence-corrected chi connectivity index (χ2v) is 7.58. The summed E-state index contributed by atoms with van der Waals surface area (Å²) in [4.78, 5) is 16.3. The summed E-state index contributed by atoms with van der Waals surface area (Å²) in [6.07, 6.45) is 1.46. The van der Waals surface area contributed by atoms with Crippen molar-refractivity contribution in [3.8, 4) is 0 Å². The molecule has 0 saturated heterocycles. The summed E-state index contributed by atoms with van der Waals surface area (Å²) in [6, 6.07) is 3.49. The van der Waals surface area contributed by atoms with Gasteiger partial charge in [0.15, 0.2) is 5.82 Å². The van der Waals surface area contributed by atoms with Crippen LogP contribution in [0.3, 0.4) is 0 Å². The summed E-state index contributed by atoms with van der Waals surface area (Å²) < 4.78 is 10.6. The fraction of sp³-hybridized carbons (Fsp3) is 0.611. The van der Waals surface area contributed by atoms with Crippen LogP contribution < -0.4 is 5.32 Å². The molecule has 0 aliphatic rings. The average Bonchev–Trinajstić information content (AvgIpc) is 3.14. The van der Waals surface area contributed by atoms with Crippen LogP contribution in [0.15, 0.2) is 21.1 Å². The summed E-state index contributed by atoms with van der Waals surface area (Å²) in [5.41, 5.74) is -1.40. The molecule has 2 heterocycles. The molecule has 0 radical (unpaired) electrons. The normalized spacial score (nSPS) is 14.3. The Hall–Kier alpha value is -2.15. The second-order valence-electron chi connectivity index (χ2n) is 7.58. The van der Waals surface area contributed by atoms with Crippen LogP contribution in [-0.4, -0.2) is 27.7 Å². The Bertz CT molecular complexity index is 710. The molecule has 0 fully saturated rings. The van der Waals surface area contributed by atoms with Gasteiger partial charge in [-0.2, -0.15) is 4.98 Å². The maximum Gasteiger partial charge on any atom is 0.226 e. The van der Waals surface area contributed by atoms with Crippen LogP contribution in [0, 0.1) is 6.92 Å². The summed E-state index contributed by atoms with van der Waals surface area (Å²) >= 11 is 0. The minimum absolute atomic E-state index is 0.0908. The van der Waals surface area contributed by atoms with E-state index in [0.29, 0.717) is 36.7 Å². The largest absolute Gasteiger partial charge is 0.463 e.